The fourth-order valence-corrected chi connectivity index (χ4v) is 1.34. The molecule has 3 nitrogen and oxygen atoms in total. The molecule has 1 aromatic rings. The predicted molar refractivity (Wildman–Crippen MR) is 59.3 cm³/mol. The van der Waals surface area contributed by atoms with Gasteiger partial charge in [-0.15, -0.1) is 0 Å². The van der Waals surface area contributed by atoms with Gasteiger partial charge in [-0.1, -0.05) is 20.8 Å². The SMILES string of the molecule is CN(C)Cc1cc(C(C)(C)C)nn1C. The first-order valence-corrected chi connectivity index (χ1v) is 4.99. The summed E-state index contributed by atoms with van der Waals surface area (Å²) in [5.41, 5.74) is 2.57. The summed E-state index contributed by atoms with van der Waals surface area (Å²) in [6, 6.07) is 2.19. The molecular formula is C11H21N3. The zero-order valence-electron chi connectivity index (χ0n) is 10.1. The minimum Gasteiger partial charge on any atom is -0.304 e. The van der Waals surface area contributed by atoms with E-state index < -0.39 is 0 Å². The van der Waals surface area contributed by atoms with E-state index in [1.807, 2.05) is 11.7 Å². The number of hydrogen-bond donors (Lipinski definition) is 0. The molecule has 0 spiro atoms. The van der Waals surface area contributed by atoms with Gasteiger partial charge >= 0.3 is 0 Å². The van der Waals surface area contributed by atoms with Crippen LogP contribution in [0.15, 0.2) is 6.07 Å². The lowest BCUT2D eigenvalue weighted by Gasteiger charge is -2.13. The van der Waals surface area contributed by atoms with Crippen molar-refractivity contribution in [3.05, 3.63) is 17.5 Å². The van der Waals surface area contributed by atoms with Crippen molar-refractivity contribution < 1.29 is 0 Å². The van der Waals surface area contributed by atoms with Crippen molar-refractivity contribution in [3.8, 4) is 0 Å². The van der Waals surface area contributed by atoms with Gasteiger partial charge in [0.25, 0.3) is 0 Å². The van der Waals surface area contributed by atoms with Crippen molar-refractivity contribution in [2.75, 3.05) is 14.1 Å². The molecular weight excluding hydrogens is 174 g/mol. The lowest BCUT2D eigenvalue weighted by atomic mass is 9.92. The van der Waals surface area contributed by atoms with E-state index in [2.05, 4.69) is 50.9 Å². The van der Waals surface area contributed by atoms with E-state index in [1.165, 1.54) is 5.69 Å². The molecule has 0 aliphatic heterocycles. The molecule has 14 heavy (non-hydrogen) atoms. The third-order valence-corrected chi connectivity index (χ3v) is 2.22. The average Bonchev–Trinajstić information content (AvgIpc) is 2.30. The summed E-state index contributed by atoms with van der Waals surface area (Å²) >= 11 is 0. The summed E-state index contributed by atoms with van der Waals surface area (Å²) in [6.45, 7) is 7.51. The molecule has 0 aliphatic carbocycles. The Balaban J connectivity index is 2.94. The summed E-state index contributed by atoms with van der Waals surface area (Å²) < 4.78 is 1.97. The highest BCUT2D eigenvalue weighted by Gasteiger charge is 2.18. The van der Waals surface area contributed by atoms with Gasteiger partial charge in [0.2, 0.25) is 0 Å². The summed E-state index contributed by atoms with van der Waals surface area (Å²) in [5, 5.41) is 4.52. The van der Waals surface area contributed by atoms with Crippen molar-refractivity contribution in [2.24, 2.45) is 7.05 Å². The van der Waals surface area contributed by atoms with E-state index >= 15 is 0 Å². The molecule has 1 heterocycles. The van der Waals surface area contributed by atoms with Crippen LogP contribution in [0.5, 0.6) is 0 Å². The van der Waals surface area contributed by atoms with Gasteiger partial charge in [-0.3, -0.25) is 4.68 Å². The molecule has 0 atom stereocenters. The topological polar surface area (TPSA) is 21.1 Å². The van der Waals surface area contributed by atoms with Gasteiger partial charge in [-0.05, 0) is 20.2 Å². The maximum atomic E-state index is 4.52. The van der Waals surface area contributed by atoms with Gasteiger partial charge in [0.05, 0.1) is 11.4 Å². The zero-order chi connectivity index (χ0) is 10.9. The van der Waals surface area contributed by atoms with Crippen LogP contribution in [0, 0.1) is 0 Å². The number of aryl methyl sites for hydroxylation is 1. The highest BCUT2D eigenvalue weighted by molar-refractivity contribution is 5.17. The van der Waals surface area contributed by atoms with Crippen LogP contribution in [0.3, 0.4) is 0 Å². The Morgan fingerprint density at radius 1 is 1.36 bits per heavy atom. The number of aromatic nitrogens is 2. The first-order chi connectivity index (χ1) is 6.30. The summed E-state index contributed by atoms with van der Waals surface area (Å²) in [5.74, 6) is 0. The second-order valence-corrected chi connectivity index (χ2v) is 5.13. The molecule has 0 fully saturated rings. The second kappa shape index (κ2) is 3.73. The fourth-order valence-electron chi connectivity index (χ4n) is 1.34. The van der Waals surface area contributed by atoms with Crippen molar-refractivity contribution in [1.29, 1.82) is 0 Å². The van der Waals surface area contributed by atoms with Gasteiger partial charge in [-0.2, -0.15) is 5.10 Å². The van der Waals surface area contributed by atoms with E-state index in [0.29, 0.717) is 0 Å². The maximum Gasteiger partial charge on any atom is 0.0681 e. The van der Waals surface area contributed by atoms with Crippen molar-refractivity contribution in [3.63, 3.8) is 0 Å². The van der Waals surface area contributed by atoms with Crippen LogP contribution in [0.1, 0.15) is 32.2 Å². The van der Waals surface area contributed by atoms with Crippen LogP contribution in [0.2, 0.25) is 0 Å². The van der Waals surface area contributed by atoms with Crippen LogP contribution < -0.4 is 0 Å². The number of rotatable bonds is 2. The molecule has 0 saturated carbocycles. The Hall–Kier alpha value is -0.830. The lowest BCUT2D eigenvalue weighted by molar-refractivity contribution is 0.387. The molecule has 0 saturated heterocycles. The third kappa shape index (κ3) is 2.58. The first-order valence-electron chi connectivity index (χ1n) is 4.99. The molecule has 0 radical (unpaired) electrons. The molecule has 3 heteroatoms. The van der Waals surface area contributed by atoms with Crippen molar-refractivity contribution in [1.82, 2.24) is 14.7 Å². The molecule has 1 aromatic heterocycles. The normalized spacial score (nSPS) is 12.5. The lowest BCUT2D eigenvalue weighted by Crippen LogP contribution is -2.13. The van der Waals surface area contributed by atoms with Gasteiger partial charge < -0.3 is 4.90 Å². The predicted octanol–water partition coefficient (Wildman–Crippen LogP) is 1.78. The molecule has 0 unspecified atom stereocenters. The van der Waals surface area contributed by atoms with E-state index in [9.17, 15) is 0 Å². The third-order valence-electron chi connectivity index (χ3n) is 2.22. The summed E-state index contributed by atoms with van der Waals surface area (Å²) in [7, 11) is 6.15. The Morgan fingerprint density at radius 2 is 1.93 bits per heavy atom. The van der Waals surface area contributed by atoms with Crippen LogP contribution in [0.4, 0.5) is 0 Å². The molecule has 0 bridgehead atoms. The Bertz CT molecular complexity index is 305. The van der Waals surface area contributed by atoms with Gasteiger partial charge in [0, 0.05) is 19.0 Å². The molecule has 1 rings (SSSR count). The van der Waals surface area contributed by atoms with E-state index in [1.54, 1.807) is 0 Å². The maximum absolute atomic E-state index is 4.52. The van der Waals surface area contributed by atoms with Crippen molar-refractivity contribution >= 4 is 0 Å². The van der Waals surface area contributed by atoms with Crippen LogP contribution >= 0.6 is 0 Å². The fraction of sp³-hybridized carbons (Fsp3) is 0.727. The quantitative estimate of drug-likeness (QED) is 0.717. The Morgan fingerprint density at radius 3 is 2.29 bits per heavy atom. The Labute approximate surface area is 86.7 Å². The van der Waals surface area contributed by atoms with Crippen LogP contribution in [0.25, 0.3) is 0 Å². The highest BCUT2D eigenvalue weighted by Crippen LogP contribution is 2.21. The summed E-state index contributed by atoms with van der Waals surface area (Å²) in [6.07, 6.45) is 0. The zero-order valence-corrected chi connectivity index (χ0v) is 10.1. The number of hydrogen-bond acceptors (Lipinski definition) is 2. The van der Waals surface area contributed by atoms with Crippen molar-refractivity contribution in [2.45, 2.75) is 32.7 Å². The average molecular weight is 195 g/mol. The molecule has 80 valence electrons. The largest absolute Gasteiger partial charge is 0.304 e. The van der Waals surface area contributed by atoms with Gasteiger partial charge in [-0.25, -0.2) is 0 Å². The van der Waals surface area contributed by atoms with Gasteiger partial charge in [0.15, 0.2) is 0 Å². The number of nitrogens with zero attached hydrogens (tertiary/aromatic N) is 3. The smallest absolute Gasteiger partial charge is 0.0681 e. The minimum atomic E-state index is 0.141. The van der Waals surface area contributed by atoms with Crippen LogP contribution in [-0.2, 0) is 19.0 Å². The molecule has 0 aliphatic rings. The summed E-state index contributed by atoms with van der Waals surface area (Å²) in [4.78, 5) is 2.16. The van der Waals surface area contributed by atoms with E-state index in [0.717, 1.165) is 12.2 Å². The first kappa shape index (κ1) is 11.2. The molecule has 0 amide bonds. The molecule has 0 N–H and O–H groups in total. The molecule has 0 aromatic carbocycles. The van der Waals surface area contributed by atoms with Crippen LogP contribution in [-0.4, -0.2) is 28.8 Å². The minimum absolute atomic E-state index is 0.141. The van der Waals surface area contributed by atoms with E-state index in [4.69, 9.17) is 0 Å². The highest BCUT2D eigenvalue weighted by atomic mass is 15.3. The Kier molecular flexibility index (Phi) is 3.00. The second-order valence-electron chi connectivity index (χ2n) is 5.13. The monoisotopic (exact) mass is 195 g/mol. The van der Waals surface area contributed by atoms with Gasteiger partial charge in [0.1, 0.15) is 0 Å². The van der Waals surface area contributed by atoms with E-state index in [-0.39, 0.29) is 5.41 Å². The standard InChI is InChI=1S/C11H21N3/c1-11(2,3)10-7-9(8-13(4)5)14(6)12-10/h7H,8H2,1-6H3.